The fourth-order valence-corrected chi connectivity index (χ4v) is 16.9. The number of carboxylic acid groups (broad SMARTS) is 2. The van der Waals surface area contributed by atoms with Gasteiger partial charge in [0.25, 0.3) is 5.91 Å². The number of aliphatic carboxylic acids is 2. The van der Waals surface area contributed by atoms with Crippen LogP contribution in [0.2, 0.25) is 0 Å². The number of para-hydroxylation sites is 1. The molecular formula is C63H82BrN7O15. The number of carbonyl (C=O) groups is 8. The number of benzene rings is 2. The van der Waals surface area contributed by atoms with Gasteiger partial charge in [-0.15, -0.1) is 0 Å². The highest BCUT2D eigenvalue weighted by Gasteiger charge is 2.80. The van der Waals surface area contributed by atoms with Crippen LogP contribution in [0.1, 0.15) is 108 Å². The van der Waals surface area contributed by atoms with Crippen molar-refractivity contribution in [2.24, 2.45) is 17.3 Å². The summed E-state index contributed by atoms with van der Waals surface area (Å²) in [5.74, 6) is -7.27. The monoisotopic (exact) mass is 1260 g/mol. The number of aromatic nitrogens is 1. The summed E-state index contributed by atoms with van der Waals surface area (Å²) >= 11 is 0. The Balaban J connectivity index is 0.00000884. The van der Waals surface area contributed by atoms with Crippen molar-refractivity contribution >= 4 is 64.2 Å². The van der Waals surface area contributed by atoms with Crippen molar-refractivity contribution in [3.63, 3.8) is 0 Å². The first-order valence-electron chi connectivity index (χ1n) is 29.9. The van der Waals surface area contributed by atoms with Crippen molar-refractivity contribution in [2.45, 2.75) is 145 Å². The average Bonchev–Trinajstić information content (AvgIpc) is 1.44. The number of hydrogen-bond donors (Lipinski definition) is 6. The summed E-state index contributed by atoms with van der Waals surface area (Å²) in [6.45, 7) is 11.7. The molecule has 23 heteroatoms. The molecule has 3 aromatic rings. The zero-order valence-electron chi connectivity index (χ0n) is 50.5. The van der Waals surface area contributed by atoms with Gasteiger partial charge in [-0.3, -0.25) is 33.7 Å². The van der Waals surface area contributed by atoms with E-state index >= 15 is 9.59 Å². The number of H-pyrrole nitrogens is 1. The first-order chi connectivity index (χ1) is 40.5. The lowest BCUT2D eigenvalue weighted by atomic mass is 9.47. The third-order valence-corrected chi connectivity index (χ3v) is 20.6. The van der Waals surface area contributed by atoms with Gasteiger partial charge in [0.2, 0.25) is 17.4 Å². The van der Waals surface area contributed by atoms with Gasteiger partial charge in [0.1, 0.15) is 35.8 Å². The number of nitrogens with one attached hydrogen (secondary N) is 3. The Kier molecular flexibility index (Phi) is 17.8. The lowest BCUT2D eigenvalue weighted by molar-refractivity contribution is -0.921. The summed E-state index contributed by atoms with van der Waals surface area (Å²) in [5.41, 5.74) is -0.871. The molecule has 1 aromatic heterocycles. The maximum Gasteiger partial charge on any atom is 0.344 e. The van der Waals surface area contributed by atoms with Crippen LogP contribution in [0.3, 0.4) is 0 Å². The Morgan fingerprint density at radius 3 is 2.33 bits per heavy atom. The molecule has 6 aliphatic heterocycles. The summed E-state index contributed by atoms with van der Waals surface area (Å²) in [6, 6.07) is 6.48. The molecule has 0 radical (unpaired) electrons. The number of likely N-dealkylation sites (N-methyl/N-ethyl adjacent to an activating group) is 1. The van der Waals surface area contributed by atoms with E-state index in [1.165, 1.54) is 21.1 Å². The molecular weight excluding hydrogens is 1170 g/mol. The molecule has 1 unspecified atom stereocenters. The Morgan fingerprint density at radius 1 is 0.942 bits per heavy atom. The maximum absolute atomic E-state index is 16.0. The lowest BCUT2D eigenvalue weighted by Gasteiger charge is -2.63. The van der Waals surface area contributed by atoms with Crippen LogP contribution in [0.25, 0.3) is 10.9 Å². The highest BCUT2D eigenvalue weighted by molar-refractivity contribution is 5.96. The van der Waals surface area contributed by atoms with Crippen molar-refractivity contribution < 1.29 is 94.1 Å². The minimum absolute atomic E-state index is 0. The van der Waals surface area contributed by atoms with Gasteiger partial charge in [-0.2, -0.15) is 0 Å². The second kappa shape index (κ2) is 24.0. The molecule has 7 aliphatic rings. The van der Waals surface area contributed by atoms with Gasteiger partial charge in [-0.05, 0) is 79.8 Å². The molecule has 2 saturated heterocycles. The van der Waals surface area contributed by atoms with E-state index in [2.05, 4.69) is 33.5 Å². The van der Waals surface area contributed by atoms with Crippen LogP contribution in [-0.2, 0) is 69.8 Å². The van der Waals surface area contributed by atoms with Gasteiger partial charge in [-0.25, -0.2) is 9.59 Å². The molecule has 1 spiro atoms. The van der Waals surface area contributed by atoms with E-state index in [4.69, 9.17) is 18.9 Å². The summed E-state index contributed by atoms with van der Waals surface area (Å²) in [7, 11) is 5.98. The first-order valence-corrected chi connectivity index (χ1v) is 29.9. The van der Waals surface area contributed by atoms with Crippen LogP contribution >= 0.6 is 0 Å². The van der Waals surface area contributed by atoms with E-state index in [-0.39, 0.29) is 48.3 Å². The zero-order chi connectivity index (χ0) is 61.3. The van der Waals surface area contributed by atoms with Gasteiger partial charge in [0, 0.05) is 90.2 Å². The molecule has 466 valence electrons. The molecule has 22 nitrogen and oxygen atoms in total. The second-order valence-electron chi connectivity index (χ2n) is 24.9. The standard InChI is InChI=1S/C63H81N7O15.BrH/c1-10-35(4)50(53(76)65-44(54(77)78)29-49(73)74)66-52(75)45-19-15-24-69(45)48(72)34-70-26-20-40-39-17-13-14-18-43(39)64-51(40)62(58(79)83-8,31-38(33-70)27-37(11-2)32-70)42-28-41-46(30-47(42)82-7)67(6)56-61(41)22-25-68-23-16-21-60(12-3,55(61)68)57(85-36(5)71)63(56,81)59(80)84-9;/h13-14,16-18,21,27-28,30,35,38,44-45,50,55-57,64,81H,10-12,15,19-20,22-26,29,31-34H2,1-9H3,(H3-,65,66,73,74,75,76,77,78);1H/t35-,38-,44-,45-,50-,55-,56+,57+,60+,61+,62-,63-,70?;/m0./s1. The van der Waals surface area contributed by atoms with E-state index in [9.17, 15) is 44.1 Å². The number of methoxy groups -OCH3 is 3. The van der Waals surface area contributed by atoms with Gasteiger partial charge in [0.05, 0.1) is 46.9 Å². The van der Waals surface area contributed by atoms with Crippen molar-refractivity contribution in [1.29, 1.82) is 0 Å². The predicted molar refractivity (Wildman–Crippen MR) is 310 cm³/mol. The van der Waals surface area contributed by atoms with E-state index in [1.54, 1.807) is 18.9 Å². The number of aliphatic hydroxyl groups is 1. The van der Waals surface area contributed by atoms with E-state index in [0.29, 0.717) is 105 Å². The van der Waals surface area contributed by atoms with Crippen LogP contribution < -0.4 is 37.3 Å². The number of likely N-dealkylation sites (tertiary alicyclic amines) is 1. The molecule has 1 saturated carbocycles. The number of quaternary nitrogens is 1. The van der Waals surface area contributed by atoms with E-state index in [1.807, 2.05) is 74.3 Å². The number of carbonyl (C=O) groups excluding carboxylic acids is 6. The summed E-state index contributed by atoms with van der Waals surface area (Å²) < 4.78 is 24.6. The van der Waals surface area contributed by atoms with Crippen LogP contribution in [0.15, 0.2) is 60.2 Å². The van der Waals surface area contributed by atoms with Crippen molar-refractivity contribution in [3.05, 3.63) is 82.6 Å². The topological polar surface area (TPSA) is 284 Å². The third-order valence-electron chi connectivity index (χ3n) is 20.6. The minimum atomic E-state index is -2.40. The Hall–Kier alpha value is -6.82. The number of carboxylic acids is 2. The number of nitrogens with zero attached hydrogens (tertiary/aromatic N) is 4. The van der Waals surface area contributed by atoms with Gasteiger partial charge in [-0.1, -0.05) is 70.5 Å². The average molecular weight is 1260 g/mol. The number of rotatable bonds is 18. The molecule has 13 atom stereocenters. The van der Waals surface area contributed by atoms with Crippen molar-refractivity contribution in [2.75, 3.05) is 79.1 Å². The molecule has 6 N–H and O–H groups in total. The number of esters is 3. The fourth-order valence-electron chi connectivity index (χ4n) is 16.9. The third kappa shape index (κ3) is 9.95. The van der Waals surface area contributed by atoms with Gasteiger partial charge < -0.3 is 81.1 Å². The summed E-state index contributed by atoms with van der Waals surface area (Å²) in [5, 5.41) is 38.6. The molecule has 2 aromatic carbocycles. The quantitative estimate of drug-likeness (QED) is 0.0446. The number of anilines is 1. The largest absolute Gasteiger partial charge is 1.00 e. The number of amides is 3. The van der Waals surface area contributed by atoms with Crippen LogP contribution in [0.5, 0.6) is 5.75 Å². The fraction of sp³-hybridized carbons (Fsp3) is 0.587. The Labute approximate surface area is 511 Å². The molecule has 1 aliphatic carbocycles. The van der Waals surface area contributed by atoms with E-state index in [0.717, 1.165) is 27.6 Å². The number of fused-ring (bicyclic) bond motifs is 6. The zero-order valence-corrected chi connectivity index (χ0v) is 52.1. The van der Waals surface area contributed by atoms with Crippen LogP contribution in [0.4, 0.5) is 5.69 Å². The number of hydrogen-bond acceptors (Lipinski definition) is 15. The molecule has 2 bridgehead atoms. The van der Waals surface area contributed by atoms with E-state index < -0.39 is 112 Å². The van der Waals surface area contributed by atoms with Gasteiger partial charge >= 0.3 is 29.8 Å². The first kappa shape index (κ1) is 63.7. The molecule has 3 fully saturated rings. The molecule has 86 heavy (non-hydrogen) atoms. The van der Waals surface area contributed by atoms with Crippen molar-refractivity contribution in [3.8, 4) is 5.75 Å². The van der Waals surface area contributed by atoms with Crippen LogP contribution in [0, 0.1) is 17.3 Å². The summed E-state index contributed by atoms with van der Waals surface area (Å²) in [6.07, 6.45) is 7.37. The SMILES string of the molecule is CCC1=C[C@H]2C[C@](C(=O)OC)(c3cc4c(cc3OC)N(C)[C@H]3[C@@](O)(C(=O)OC)[C@H](OC(C)=O)[C@]5(CC)C=CCN6CC[C@]43[C@@H]65)c3[nH]c4ccccc4c3CC[N+](CC(=O)N3CCC[C@H]3C(=O)N[C@H](C(=O)N[C@@H](CC(=O)O)C(=O)O)[C@@H](C)CC)(C1)C2.[Br-]. The molecule has 10 rings (SSSR count). The molecule has 3 amide bonds. The maximum atomic E-state index is 16.0. The van der Waals surface area contributed by atoms with Crippen molar-refractivity contribution in [1.82, 2.24) is 25.4 Å². The highest BCUT2D eigenvalue weighted by atomic mass is 79.9. The normalized spacial score (nSPS) is 30.7. The number of ether oxygens (including phenoxy) is 4. The lowest BCUT2D eigenvalue weighted by Crippen LogP contribution is -3.00. The predicted octanol–water partition coefficient (Wildman–Crippen LogP) is 0.881. The number of halogens is 1. The minimum Gasteiger partial charge on any atom is -1.00 e. The molecule has 7 heterocycles. The smallest absolute Gasteiger partial charge is 0.344 e. The number of aromatic amines is 1. The second-order valence-corrected chi connectivity index (χ2v) is 24.9. The van der Waals surface area contributed by atoms with Crippen LogP contribution in [-0.4, -0.2) is 198 Å². The Morgan fingerprint density at radius 2 is 1.67 bits per heavy atom. The van der Waals surface area contributed by atoms with Gasteiger partial charge in [0.15, 0.2) is 12.6 Å². The Bertz CT molecular complexity index is 3290. The highest BCUT2D eigenvalue weighted by Crippen LogP contribution is 2.68. The summed E-state index contributed by atoms with van der Waals surface area (Å²) in [4.78, 5) is 120.